The van der Waals surface area contributed by atoms with Gasteiger partial charge in [0, 0.05) is 6.20 Å². The predicted octanol–water partition coefficient (Wildman–Crippen LogP) is 1.24. The second kappa shape index (κ2) is 5.20. The molecule has 0 aromatic carbocycles. The van der Waals surface area contributed by atoms with E-state index in [0.29, 0.717) is 17.5 Å². The highest BCUT2D eigenvalue weighted by atomic mass is 32.1. The lowest BCUT2D eigenvalue weighted by atomic mass is 10.0. The van der Waals surface area contributed by atoms with Crippen molar-refractivity contribution < 1.29 is 4.79 Å². The monoisotopic (exact) mass is 288 g/mol. The van der Waals surface area contributed by atoms with Gasteiger partial charge in [0.2, 0.25) is 0 Å². The van der Waals surface area contributed by atoms with Gasteiger partial charge in [0.25, 0.3) is 5.91 Å². The number of hydrogen-bond acceptors (Lipinski definition) is 3. The molecule has 1 fully saturated rings. The number of amides is 1. The number of nitrogens with zero attached hydrogens (tertiary/aromatic N) is 2. The van der Waals surface area contributed by atoms with Crippen molar-refractivity contribution in [3.63, 3.8) is 0 Å². The van der Waals surface area contributed by atoms with Gasteiger partial charge in [-0.25, -0.2) is 5.01 Å². The molecular weight excluding hydrogens is 272 g/mol. The van der Waals surface area contributed by atoms with Crippen LogP contribution in [0.2, 0.25) is 0 Å². The summed E-state index contributed by atoms with van der Waals surface area (Å²) in [6.07, 6.45) is 8.04. The van der Waals surface area contributed by atoms with Crippen LogP contribution in [-0.4, -0.2) is 27.1 Å². The second-order valence-corrected chi connectivity index (χ2v) is 5.65. The number of allylic oxidation sites excluding steroid dienone is 1. The zero-order chi connectivity index (χ0) is 14.1. The van der Waals surface area contributed by atoms with Crippen molar-refractivity contribution in [3.8, 4) is 0 Å². The van der Waals surface area contributed by atoms with Crippen molar-refractivity contribution in [1.82, 2.24) is 15.4 Å². The summed E-state index contributed by atoms with van der Waals surface area (Å²) < 4.78 is 0. The van der Waals surface area contributed by atoms with Gasteiger partial charge in [-0.05, 0) is 49.0 Å². The van der Waals surface area contributed by atoms with Crippen LogP contribution in [0.15, 0.2) is 36.5 Å². The Morgan fingerprint density at radius 3 is 2.80 bits per heavy atom. The highest BCUT2D eigenvalue weighted by Crippen LogP contribution is 2.41. The maximum atomic E-state index is 12.6. The fourth-order valence-corrected chi connectivity index (χ4v) is 3.16. The number of hydrazine groups is 1. The Kier molecular flexibility index (Phi) is 3.40. The van der Waals surface area contributed by atoms with Gasteiger partial charge in [-0.2, -0.15) is 0 Å². The summed E-state index contributed by atoms with van der Waals surface area (Å²) in [5, 5.41) is 1.65. The van der Waals surface area contributed by atoms with E-state index >= 15 is 0 Å². The fraction of sp³-hybridized carbons (Fsp3) is 0.357. The quantitative estimate of drug-likeness (QED) is 0.487. The smallest absolute Gasteiger partial charge is 0.291 e. The van der Waals surface area contributed by atoms with Gasteiger partial charge in [-0.15, -0.1) is 0 Å². The van der Waals surface area contributed by atoms with Crippen LogP contribution in [0.5, 0.6) is 0 Å². The van der Waals surface area contributed by atoms with Gasteiger partial charge in [-0.3, -0.25) is 15.2 Å². The Labute approximate surface area is 122 Å². The molecule has 3 N–H and O–H groups in total. The third-order valence-electron chi connectivity index (χ3n) is 3.91. The summed E-state index contributed by atoms with van der Waals surface area (Å²) in [4.78, 5) is 16.7. The lowest BCUT2D eigenvalue weighted by Crippen LogP contribution is -2.54. The van der Waals surface area contributed by atoms with Gasteiger partial charge >= 0.3 is 0 Å². The maximum Gasteiger partial charge on any atom is 0.291 e. The number of aromatic nitrogens is 1. The molecule has 0 aliphatic heterocycles. The molecule has 20 heavy (non-hydrogen) atoms. The molecule has 3 atom stereocenters. The molecule has 3 unspecified atom stereocenters. The van der Waals surface area contributed by atoms with Crippen molar-refractivity contribution in [2.24, 2.45) is 17.6 Å². The van der Waals surface area contributed by atoms with Crippen molar-refractivity contribution in [3.05, 3.63) is 42.2 Å². The van der Waals surface area contributed by atoms with E-state index in [0.717, 1.165) is 12.8 Å². The van der Waals surface area contributed by atoms with Crippen LogP contribution in [0.25, 0.3) is 0 Å². The molecule has 1 saturated carbocycles. The molecule has 1 amide bonds. The summed E-state index contributed by atoms with van der Waals surface area (Å²) in [5.74, 6) is 0.732. The van der Waals surface area contributed by atoms with E-state index in [4.69, 9.17) is 18.0 Å². The highest BCUT2D eigenvalue weighted by Gasteiger charge is 2.41. The number of fused-ring (bicyclic) bond motifs is 2. The first-order valence-corrected chi connectivity index (χ1v) is 7.05. The van der Waals surface area contributed by atoms with Crippen LogP contribution >= 0.6 is 12.2 Å². The van der Waals surface area contributed by atoms with Crippen LogP contribution in [0.1, 0.15) is 23.3 Å². The average Bonchev–Trinajstić information content (AvgIpc) is 3.07. The van der Waals surface area contributed by atoms with Crippen LogP contribution in [-0.2, 0) is 0 Å². The van der Waals surface area contributed by atoms with Crippen molar-refractivity contribution in [2.45, 2.75) is 18.9 Å². The molecule has 0 radical (unpaired) electrons. The number of carbonyl (C=O) groups is 1. The minimum atomic E-state index is -0.190. The fourth-order valence-electron chi connectivity index (χ4n) is 3.06. The van der Waals surface area contributed by atoms with Crippen LogP contribution in [0, 0.1) is 11.8 Å². The number of carbonyl (C=O) groups excluding carboxylic acids is 1. The number of nitrogens with two attached hydrogens (primary N) is 1. The van der Waals surface area contributed by atoms with Crippen molar-refractivity contribution >= 4 is 23.2 Å². The van der Waals surface area contributed by atoms with Gasteiger partial charge in [-0.1, -0.05) is 18.2 Å². The average molecular weight is 288 g/mol. The normalized spacial score (nSPS) is 26.5. The molecule has 1 aromatic heterocycles. The van der Waals surface area contributed by atoms with E-state index < -0.39 is 0 Å². The predicted molar refractivity (Wildman–Crippen MR) is 79.5 cm³/mol. The molecule has 104 valence electrons. The van der Waals surface area contributed by atoms with Gasteiger partial charge in [0.05, 0.1) is 6.04 Å². The SMILES string of the molecule is NC(=S)NN(C(=O)c1ccccn1)C1CC2C=CC1C2. The zero-order valence-electron chi connectivity index (χ0n) is 10.9. The van der Waals surface area contributed by atoms with E-state index in [-0.39, 0.29) is 17.1 Å². The first-order valence-electron chi connectivity index (χ1n) is 6.64. The molecular formula is C14H16N4OS. The molecule has 5 nitrogen and oxygen atoms in total. The van der Waals surface area contributed by atoms with Crippen LogP contribution in [0.3, 0.4) is 0 Å². The largest absolute Gasteiger partial charge is 0.375 e. The van der Waals surface area contributed by atoms with E-state index in [1.807, 2.05) is 0 Å². The van der Waals surface area contributed by atoms with E-state index in [1.54, 1.807) is 29.4 Å². The second-order valence-electron chi connectivity index (χ2n) is 5.21. The standard InChI is InChI=1S/C14H16N4OS/c15-14(20)17-18(12-8-9-4-5-10(12)7-9)13(19)11-3-1-2-6-16-11/h1-6,9-10,12H,7-8H2,(H3,15,17,20). The Hall–Kier alpha value is -1.95. The lowest BCUT2D eigenvalue weighted by molar-refractivity contribution is 0.0575. The Balaban J connectivity index is 1.85. The van der Waals surface area contributed by atoms with Crippen molar-refractivity contribution in [1.29, 1.82) is 0 Å². The van der Waals surface area contributed by atoms with E-state index in [1.165, 1.54) is 0 Å². The number of pyridine rings is 1. The minimum absolute atomic E-state index is 0.0843. The first-order chi connectivity index (χ1) is 9.65. The lowest BCUT2D eigenvalue weighted by Gasteiger charge is -2.32. The number of rotatable bonds is 2. The topological polar surface area (TPSA) is 71.2 Å². The Morgan fingerprint density at radius 2 is 2.25 bits per heavy atom. The molecule has 1 aromatic rings. The molecule has 2 aliphatic carbocycles. The molecule has 2 bridgehead atoms. The van der Waals surface area contributed by atoms with Gasteiger partial charge in [0.1, 0.15) is 5.69 Å². The van der Waals surface area contributed by atoms with E-state index in [2.05, 4.69) is 22.6 Å². The molecule has 1 heterocycles. The maximum absolute atomic E-state index is 12.6. The summed E-state index contributed by atoms with van der Waals surface area (Å²) in [6, 6.07) is 5.35. The number of nitrogens with one attached hydrogen (secondary N) is 1. The molecule has 6 heteroatoms. The minimum Gasteiger partial charge on any atom is -0.375 e. The number of hydrogen-bond donors (Lipinski definition) is 2. The van der Waals surface area contributed by atoms with Gasteiger partial charge < -0.3 is 5.73 Å². The summed E-state index contributed by atoms with van der Waals surface area (Å²) >= 11 is 4.90. The molecule has 0 spiro atoms. The van der Waals surface area contributed by atoms with Gasteiger partial charge in [0.15, 0.2) is 5.11 Å². The number of thiocarbonyl (C=S) groups is 1. The summed E-state index contributed by atoms with van der Waals surface area (Å²) in [7, 11) is 0. The summed E-state index contributed by atoms with van der Waals surface area (Å²) in [6.45, 7) is 0. The summed E-state index contributed by atoms with van der Waals surface area (Å²) in [5.41, 5.74) is 8.78. The zero-order valence-corrected chi connectivity index (χ0v) is 11.7. The van der Waals surface area contributed by atoms with Crippen LogP contribution < -0.4 is 11.2 Å². The first kappa shape index (κ1) is 13.1. The van der Waals surface area contributed by atoms with E-state index in [9.17, 15) is 4.79 Å². The Morgan fingerprint density at radius 1 is 1.40 bits per heavy atom. The Bertz CT molecular complexity index is 560. The third-order valence-corrected chi connectivity index (χ3v) is 4.00. The van der Waals surface area contributed by atoms with Crippen LogP contribution in [0.4, 0.5) is 0 Å². The van der Waals surface area contributed by atoms with Crippen molar-refractivity contribution in [2.75, 3.05) is 0 Å². The third kappa shape index (κ3) is 2.38. The highest BCUT2D eigenvalue weighted by molar-refractivity contribution is 7.80. The molecule has 2 aliphatic rings. The molecule has 3 rings (SSSR count). The molecule has 0 saturated heterocycles.